The highest BCUT2D eigenvalue weighted by Gasteiger charge is 2.70. The average molecular weight is 597 g/mol. The van der Waals surface area contributed by atoms with Crippen LogP contribution in [0.15, 0.2) is 103 Å². The van der Waals surface area contributed by atoms with Crippen molar-refractivity contribution in [1.82, 2.24) is 4.90 Å². The summed E-state index contributed by atoms with van der Waals surface area (Å²) in [5.41, 5.74) is 3.69. The number of hydrogen-bond acceptors (Lipinski definition) is 6. The predicted molar refractivity (Wildman–Crippen MR) is 171 cm³/mol. The summed E-state index contributed by atoms with van der Waals surface area (Å²) in [5, 5.41) is 3.08. The lowest BCUT2D eigenvalue weighted by Crippen LogP contribution is -2.49. The van der Waals surface area contributed by atoms with Crippen LogP contribution in [0.5, 0.6) is 5.75 Å². The molecule has 7 heteroatoms. The largest absolute Gasteiger partial charge is 0.427 e. The summed E-state index contributed by atoms with van der Waals surface area (Å²) in [5.74, 6) is -2.07. The van der Waals surface area contributed by atoms with Crippen molar-refractivity contribution in [3.05, 3.63) is 137 Å². The molecule has 1 saturated heterocycles. The molecule has 0 radical (unpaired) electrons. The van der Waals surface area contributed by atoms with Gasteiger partial charge in [0.1, 0.15) is 17.2 Å². The Morgan fingerprint density at radius 2 is 1.51 bits per heavy atom. The fourth-order valence-corrected chi connectivity index (χ4v) is 7.50. The van der Waals surface area contributed by atoms with Crippen molar-refractivity contribution in [3.8, 4) is 5.75 Å². The van der Waals surface area contributed by atoms with Gasteiger partial charge in [0.25, 0.3) is 0 Å². The number of anilines is 1. The molecular weight excluding hydrogens is 564 g/mol. The Morgan fingerprint density at radius 1 is 0.844 bits per heavy atom. The third kappa shape index (κ3) is 4.41. The summed E-state index contributed by atoms with van der Waals surface area (Å²) in [7, 11) is 0. The Labute approximate surface area is 261 Å². The second kappa shape index (κ2) is 11.0. The van der Waals surface area contributed by atoms with Gasteiger partial charge in [0.15, 0.2) is 11.6 Å². The highest BCUT2D eigenvalue weighted by molar-refractivity contribution is 6.16. The molecule has 224 valence electrons. The molecule has 1 amide bonds. The van der Waals surface area contributed by atoms with Crippen LogP contribution in [0.25, 0.3) is 6.08 Å². The number of fused-ring (bicyclic) bond motifs is 6. The number of ether oxygens (including phenoxy) is 1. The lowest BCUT2D eigenvalue weighted by molar-refractivity contribution is -0.131. The summed E-state index contributed by atoms with van der Waals surface area (Å²) in [4.78, 5) is 57.7. The Hall–Kier alpha value is -5.30. The monoisotopic (exact) mass is 596 g/mol. The standard InChI is InChI=1S/C38H32N2O5/c1-3-8-24-13-15-26(16-14-24)34(42)32-33(35(43)27-17-19-28(20-18-27)45-23(2)41)40-22-21-25-9-4-5-10-29(25)36(40)38(32)30-11-6-7-12-31(30)39-37(38)44/h4-7,9-22,32-33,36H,3,8H2,1-2H3,(H,39,44)/t32-,33+,36+,38-/m0/s1. The molecule has 4 aromatic rings. The molecule has 3 aliphatic rings. The summed E-state index contributed by atoms with van der Waals surface area (Å²) >= 11 is 0. The summed E-state index contributed by atoms with van der Waals surface area (Å²) < 4.78 is 5.19. The maximum absolute atomic E-state index is 15.0. The van der Waals surface area contributed by atoms with Crippen LogP contribution < -0.4 is 10.1 Å². The molecule has 1 N–H and O–H groups in total. The molecule has 0 aliphatic carbocycles. The maximum Gasteiger partial charge on any atom is 0.308 e. The summed E-state index contributed by atoms with van der Waals surface area (Å²) in [6, 6.07) is 27.6. The van der Waals surface area contributed by atoms with Crippen molar-refractivity contribution in [2.75, 3.05) is 5.32 Å². The van der Waals surface area contributed by atoms with Gasteiger partial charge in [-0.3, -0.25) is 19.2 Å². The number of para-hydroxylation sites is 1. The number of nitrogens with one attached hydrogen (secondary N) is 1. The van der Waals surface area contributed by atoms with Crippen LogP contribution in [0, 0.1) is 5.92 Å². The van der Waals surface area contributed by atoms with Crippen molar-refractivity contribution in [3.63, 3.8) is 0 Å². The number of esters is 1. The third-order valence-corrected chi connectivity index (χ3v) is 9.30. The van der Waals surface area contributed by atoms with E-state index in [0.717, 1.165) is 29.5 Å². The van der Waals surface area contributed by atoms with Crippen LogP contribution in [-0.2, 0) is 21.4 Å². The van der Waals surface area contributed by atoms with Crippen LogP contribution in [0.1, 0.15) is 69.3 Å². The third-order valence-electron chi connectivity index (χ3n) is 9.30. The van der Waals surface area contributed by atoms with Gasteiger partial charge in [0.05, 0.1) is 12.0 Å². The molecule has 4 aromatic carbocycles. The zero-order valence-electron chi connectivity index (χ0n) is 25.0. The Balaban J connectivity index is 1.45. The van der Waals surface area contributed by atoms with E-state index < -0.39 is 29.4 Å². The van der Waals surface area contributed by atoms with Gasteiger partial charge in [-0.2, -0.15) is 0 Å². The molecule has 7 rings (SSSR count). The van der Waals surface area contributed by atoms with Gasteiger partial charge in [-0.25, -0.2) is 0 Å². The van der Waals surface area contributed by atoms with Gasteiger partial charge in [0, 0.05) is 29.9 Å². The second-order valence-corrected chi connectivity index (χ2v) is 11.9. The number of benzene rings is 4. The first-order valence-electron chi connectivity index (χ1n) is 15.3. The number of carbonyl (C=O) groups excluding carboxylic acids is 4. The summed E-state index contributed by atoms with van der Waals surface area (Å²) in [6.45, 7) is 3.42. The first-order chi connectivity index (χ1) is 21.8. The van der Waals surface area contributed by atoms with Gasteiger partial charge in [-0.15, -0.1) is 0 Å². The summed E-state index contributed by atoms with van der Waals surface area (Å²) in [6.07, 6.45) is 5.66. The fourth-order valence-electron chi connectivity index (χ4n) is 7.50. The molecule has 1 spiro atoms. The zero-order chi connectivity index (χ0) is 31.3. The van der Waals surface area contributed by atoms with E-state index in [2.05, 4.69) is 12.2 Å². The van der Waals surface area contributed by atoms with Crippen LogP contribution in [-0.4, -0.2) is 34.4 Å². The van der Waals surface area contributed by atoms with E-state index in [1.807, 2.05) is 90.0 Å². The van der Waals surface area contributed by atoms with Gasteiger partial charge >= 0.3 is 5.97 Å². The predicted octanol–water partition coefficient (Wildman–Crippen LogP) is 6.55. The van der Waals surface area contributed by atoms with Crippen LogP contribution >= 0.6 is 0 Å². The molecule has 0 saturated carbocycles. The molecule has 0 bridgehead atoms. The quantitative estimate of drug-likeness (QED) is 0.148. The maximum atomic E-state index is 15.0. The van der Waals surface area contributed by atoms with E-state index in [1.54, 1.807) is 24.3 Å². The molecule has 0 unspecified atom stereocenters. The Kier molecular flexibility index (Phi) is 6.96. The first-order valence-corrected chi connectivity index (χ1v) is 15.3. The van der Waals surface area contributed by atoms with E-state index in [-0.39, 0.29) is 17.5 Å². The smallest absolute Gasteiger partial charge is 0.308 e. The topological polar surface area (TPSA) is 92.8 Å². The van der Waals surface area contributed by atoms with Gasteiger partial charge < -0.3 is 15.0 Å². The second-order valence-electron chi connectivity index (χ2n) is 11.9. The van der Waals surface area contributed by atoms with Crippen molar-refractivity contribution in [2.45, 2.75) is 44.2 Å². The first kappa shape index (κ1) is 28.5. The molecular formula is C38H32N2O5. The van der Waals surface area contributed by atoms with Crippen molar-refractivity contribution in [2.24, 2.45) is 5.92 Å². The van der Waals surface area contributed by atoms with E-state index in [0.29, 0.717) is 28.1 Å². The van der Waals surface area contributed by atoms with Crippen LogP contribution in [0.2, 0.25) is 0 Å². The number of hydrogen-bond donors (Lipinski definition) is 1. The number of rotatable bonds is 7. The van der Waals surface area contributed by atoms with Crippen molar-refractivity contribution in [1.29, 1.82) is 0 Å². The molecule has 7 nitrogen and oxygen atoms in total. The molecule has 0 aromatic heterocycles. The van der Waals surface area contributed by atoms with E-state index in [9.17, 15) is 19.2 Å². The van der Waals surface area contributed by atoms with E-state index >= 15 is 0 Å². The average Bonchev–Trinajstić information content (AvgIpc) is 3.53. The van der Waals surface area contributed by atoms with Gasteiger partial charge in [0.2, 0.25) is 5.91 Å². The van der Waals surface area contributed by atoms with Gasteiger partial charge in [-0.05, 0) is 65.1 Å². The number of Topliss-reactive ketones (excluding diaryl/α,β-unsaturated/α-hetero) is 2. The van der Waals surface area contributed by atoms with Gasteiger partial charge in [-0.1, -0.05) is 80.1 Å². The molecule has 3 aliphatic heterocycles. The van der Waals surface area contributed by atoms with Crippen molar-refractivity contribution < 1.29 is 23.9 Å². The minimum absolute atomic E-state index is 0.264. The van der Waals surface area contributed by atoms with E-state index in [4.69, 9.17) is 4.74 Å². The lowest BCUT2D eigenvalue weighted by Gasteiger charge is -2.38. The van der Waals surface area contributed by atoms with Crippen LogP contribution in [0.3, 0.4) is 0 Å². The zero-order valence-corrected chi connectivity index (χ0v) is 25.0. The number of nitrogens with zero attached hydrogens (tertiary/aromatic N) is 1. The minimum atomic E-state index is -1.39. The van der Waals surface area contributed by atoms with Crippen molar-refractivity contribution >= 4 is 35.2 Å². The number of aryl methyl sites for hydroxylation is 1. The highest BCUT2D eigenvalue weighted by atomic mass is 16.5. The molecule has 3 heterocycles. The van der Waals surface area contributed by atoms with E-state index in [1.165, 1.54) is 6.92 Å². The lowest BCUT2D eigenvalue weighted by atomic mass is 9.62. The molecule has 1 fully saturated rings. The Bertz CT molecular complexity index is 1880. The normalized spacial score (nSPS) is 22.4. The Morgan fingerprint density at radius 3 is 2.24 bits per heavy atom. The minimum Gasteiger partial charge on any atom is -0.427 e. The highest BCUT2D eigenvalue weighted by Crippen LogP contribution is 2.62. The SMILES string of the molecule is CCCc1ccc(C(=O)[C@@H]2[C@H](C(=O)c3ccc(OC(C)=O)cc3)N3C=Cc4ccccc4[C@@H]3[C@@]23C(=O)Nc2ccccc23)cc1. The number of ketones is 2. The fraction of sp³-hybridized carbons (Fsp3) is 0.211. The van der Waals surface area contributed by atoms with Crippen LogP contribution in [0.4, 0.5) is 5.69 Å². The number of carbonyl (C=O) groups is 4. The number of amides is 1. The molecule has 45 heavy (non-hydrogen) atoms. The molecule has 4 atom stereocenters.